The Balaban J connectivity index is 1.55. The van der Waals surface area contributed by atoms with Gasteiger partial charge in [0.05, 0.1) is 0 Å². The average Bonchev–Trinajstić information content (AvgIpc) is 2.99. The fourth-order valence-corrected chi connectivity index (χ4v) is 4.92. The van der Waals surface area contributed by atoms with Crippen molar-refractivity contribution in [1.29, 1.82) is 0 Å². The standard InChI is InChI=1S/C17H31N/c1-2-8-18-13-17(11-15-9-16(15)12-17)10-14-6-4-3-5-7-14/h14-16,18H,2-13H2,1H3. The Bertz CT molecular complexity index is 257. The van der Waals surface area contributed by atoms with Crippen LogP contribution in [-0.4, -0.2) is 13.1 Å². The lowest BCUT2D eigenvalue weighted by atomic mass is 9.71. The molecule has 2 atom stereocenters. The summed E-state index contributed by atoms with van der Waals surface area (Å²) < 4.78 is 0. The van der Waals surface area contributed by atoms with Gasteiger partial charge in [-0.05, 0) is 61.8 Å². The topological polar surface area (TPSA) is 12.0 Å². The molecule has 3 saturated carbocycles. The predicted octanol–water partition coefficient (Wildman–Crippen LogP) is 4.37. The summed E-state index contributed by atoms with van der Waals surface area (Å²) >= 11 is 0. The van der Waals surface area contributed by atoms with E-state index >= 15 is 0 Å². The number of rotatable bonds is 6. The van der Waals surface area contributed by atoms with Crippen LogP contribution in [0.3, 0.4) is 0 Å². The van der Waals surface area contributed by atoms with Gasteiger partial charge >= 0.3 is 0 Å². The summed E-state index contributed by atoms with van der Waals surface area (Å²) in [6, 6.07) is 0. The van der Waals surface area contributed by atoms with Crippen LogP contribution in [0.15, 0.2) is 0 Å². The van der Waals surface area contributed by atoms with E-state index in [1.54, 1.807) is 25.7 Å². The zero-order valence-corrected chi connectivity index (χ0v) is 12.2. The summed E-state index contributed by atoms with van der Waals surface area (Å²) in [5, 5.41) is 3.75. The summed E-state index contributed by atoms with van der Waals surface area (Å²) in [6.45, 7) is 4.83. The van der Waals surface area contributed by atoms with Gasteiger partial charge in [-0.25, -0.2) is 0 Å². The van der Waals surface area contributed by atoms with Gasteiger partial charge in [-0.2, -0.15) is 0 Å². The largest absolute Gasteiger partial charge is 0.316 e. The summed E-state index contributed by atoms with van der Waals surface area (Å²) in [5.74, 6) is 3.34. The van der Waals surface area contributed by atoms with E-state index in [9.17, 15) is 0 Å². The third-order valence-corrected chi connectivity index (χ3v) is 5.83. The highest BCUT2D eigenvalue weighted by atomic mass is 14.9. The number of hydrogen-bond acceptors (Lipinski definition) is 1. The summed E-state index contributed by atoms with van der Waals surface area (Å²) in [6.07, 6.45) is 15.1. The van der Waals surface area contributed by atoms with Gasteiger partial charge < -0.3 is 5.32 Å². The molecule has 0 saturated heterocycles. The van der Waals surface area contributed by atoms with Gasteiger partial charge in [0.2, 0.25) is 0 Å². The van der Waals surface area contributed by atoms with Crippen LogP contribution in [0.1, 0.15) is 71.1 Å². The molecule has 2 unspecified atom stereocenters. The van der Waals surface area contributed by atoms with E-state index in [0.717, 1.165) is 17.8 Å². The SMILES string of the molecule is CCCNCC1(CC2CCCCC2)CC2CC2C1. The monoisotopic (exact) mass is 249 g/mol. The smallest absolute Gasteiger partial charge is 0.000811 e. The zero-order valence-electron chi connectivity index (χ0n) is 12.2. The van der Waals surface area contributed by atoms with Crippen LogP contribution in [0.25, 0.3) is 0 Å². The number of fused-ring (bicyclic) bond motifs is 1. The molecule has 0 aliphatic heterocycles. The molecule has 1 nitrogen and oxygen atoms in total. The van der Waals surface area contributed by atoms with Crippen molar-refractivity contribution < 1.29 is 0 Å². The first-order valence-corrected chi connectivity index (χ1v) is 8.52. The average molecular weight is 249 g/mol. The van der Waals surface area contributed by atoms with Gasteiger partial charge in [0.1, 0.15) is 0 Å². The van der Waals surface area contributed by atoms with E-state index in [1.807, 2.05) is 0 Å². The molecular formula is C17H31N. The molecule has 0 heterocycles. The van der Waals surface area contributed by atoms with Crippen molar-refractivity contribution in [2.45, 2.75) is 71.1 Å². The van der Waals surface area contributed by atoms with Crippen LogP contribution in [0, 0.1) is 23.2 Å². The summed E-state index contributed by atoms with van der Waals surface area (Å²) in [4.78, 5) is 0. The third-order valence-electron chi connectivity index (χ3n) is 5.83. The maximum Gasteiger partial charge on any atom is 0.000811 e. The van der Waals surface area contributed by atoms with Gasteiger partial charge in [-0.3, -0.25) is 0 Å². The second kappa shape index (κ2) is 5.53. The summed E-state index contributed by atoms with van der Waals surface area (Å²) in [7, 11) is 0. The van der Waals surface area contributed by atoms with Crippen LogP contribution in [0.4, 0.5) is 0 Å². The maximum atomic E-state index is 3.75. The molecule has 3 rings (SSSR count). The Morgan fingerprint density at radius 3 is 2.44 bits per heavy atom. The molecule has 18 heavy (non-hydrogen) atoms. The van der Waals surface area contributed by atoms with Gasteiger partial charge in [-0.15, -0.1) is 0 Å². The van der Waals surface area contributed by atoms with Crippen molar-refractivity contribution in [2.24, 2.45) is 23.2 Å². The van der Waals surface area contributed by atoms with Crippen molar-refractivity contribution in [3.63, 3.8) is 0 Å². The summed E-state index contributed by atoms with van der Waals surface area (Å²) in [5.41, 5.74) is 0.713. The van der Waals surface area contributed by atoms with Crippen LogP contribution in [-0.2, 0) is 0 Å². The van der Waals surface area contributed by atoms with Gasteiger partial charge in [0.25, 0.3) is 0 Å². The highest BCUT2D eigenvalue weighted by Gasteiger charge is 2.53. The van der Waals surface area contributed by atoms with Crippen molar-refractivity contribution in [1.82, 2.24) is 5.32 Å². The zero-order chi connectivity index (χ0) is 12.4. The van der Waals surface area contributed by atoms with Crippen molar-refractivity contribution >= 4 is 0 Å². The molecule has 3 aliphatic rings. The first-order chi connectivity index (χ1) is 8.81. The highest BCUT2D eigenvalue weighted by molar-refractivity contribution is 5.04. The lowest BCUT2D eigenvalue weighted by Crippen LogP contribution is -2.36. The molecule has 1 N–H and O–H groups in total. The molecule has 104 valence electrons. The molecule has 0 aromatic heterocycles. The van der Waals surface area contributed by atoms with E-state index in [4.69, 9.17) is 0 Å². The van der Waals surface area contributed by atoms with E-state index in [0.29, 0.717) is 5.41 Å². The molecule has 0 amide bonds. The van der Waals surface area contributed by atoms with Crippen LogP contribution < -0.4 is 5.32 Å². The molecule has 0 aromatic rings. The Morgan fingerprint density at radius 2 is 1.78 bits per heavy atom. The maximum absolute atomic E-state index is 3.75. The van der Waals surface area contributed by atoms with E-state index in [2.05, 4.69) is 12.2 Å². The normalized spacial score (nSPS) is 39.8. The first kappa shape index (κ1) is 13.0. The Kier molecular flexibility index (Phi) is 3.98. The lowest BCUT2D eigenvalue weighted by Gasteiger charge is -2.36. The molecule has 0 radical (unpaired) electrons. The minimum atomic E-state index is 0.713. The number of nitrogens with one attached hydrogen (secondary N) is 1. The lowest BCUT2D eigenvalue weighted by molar-refractivity contribution is 0.165. The Labute approximate surface area is 113 Å². The molecule has 0 aromatic carbocycles. The predicted molar refractivity (Wildman–Crippen MR) is 77.6 cm³/mol. The molecule has 3 fully saturated rings. The molecule has 0 bridgehead atoms. The Morgan fingerprint density at radius 1 is 1.06 bits per heavy atom. The molecular weight excluding hydrogens is 218 g/mol. The van der Waals surface area contributed by atoms with Crippen molar-refractivity contribution in [2.75, 3.05) is 13.1 Å². The van der Waals surface area contributed by atoms with Crippen molar-refractivity contribution in [3.05, 3.63) is 0 Å². The third kappa shape index (κ3) is 2.92. The van der Waals surface area contributed by atoms with Gasteiger partial charge in [0, 0.05) is 6.54 Å². The van der Waals surface area contributed by atoms with E-state index in [1.165, 1.54) is 51.6 Å². The second-order valence-electron chi connectivity index (χ2n) is 7.55. The fraction of sp³-hybridized carbons (Fsp3) is 1.00. The molecule has 3 aliphatic carbocycles. The van der Waals surface area contributed by atoms with Crippen LogP contribution in [0.2, 0.25) is 0 Å². The van der Waals surface area contributed by atoms with Crippen LogP contribution >= 0.6 is 0 Å². The number of hydrogen-bond donors (Lipinski definition) is 1. The van der Waals surface area contributed by atoms with E-state index < -0.39 is 0 Å². The Hall–Kier alpha value is -0.0400. The second-order valence-corrected chi connectivity index (χ2v) is 7.55. The minimum Gasteiger partial charge on any atom is -0.316 e. The molecule has 0 spiro atoms. The molecule has 1 heteroatoms. The fourth-order valence-electron chi connectivity index (χ4n) is 4.92. The highest BCUT2D eigenvalue weighted by Crippen LogP contribution is 2.62. The van der Waals surface area contributed by atoms with Gasteiger partial charge in [0.15, 0.2) is 0 Å². The first-order valence-electron chi connectivity index (χ1n) is 8.52. The van der Waals surface area contributed by atoms with Crippen LogP contribution in [0.5, 0.6) is 0 Å². The minimum absolute atomic E-state index is 0.713. The quantitative estimate of drug-likeness (QED) is 0.689. The van der Waals surface area contributed by atoms with Crippen molar-refractivity contribution in [3.8, 4) is 0 Å². The van der Waals surface area contributed by atoms with E-state index in [-0.39, 0.29) is 0 Å². The van der Waals surface area contributed by atoms with Gasteiger partial charge in [-0.1, -0.05) is 39.0 Å².